The van der Waals surface area contributed by atoms with E-state index in [2.05, 4.69) is 15.5 Å². The standard InChI is InChI=1S/C10H17N5O2/c1-8-4-14(6-10(2,3)17-8)9(16)5-15-7-11-12-13-15/h7-8H,4-6H2,1-3H3. The van der Waals surface area contributed by atoms with Crippen LogP contribution in [-0.4, -0.2) is 55.8 Å². The van der Waals surface area contributed by atoms with Crippen LogP contribution in [0.2, 0.25) is 0 Å². The molecule has 0 aromatic carbocycles. The normalized spacial score (nSPS) is 23.7. The summed E-state index contributed by atoms with van der Waals surface area (Å²) in [5.74, 6) is 0.0144. The molecule has 1 unspecified atom stereocenters. The van der Waals surface area contributed by atoms with Crippen LogP contribution < -0.4 is 0 Å². The topological polar surface area (TPSA) is 73.1 Å². The van der Waals surface area contributed by atoms with E-state index in [1.807, 2.05) is 20.8 Å². The lowest BCUT2D eigenvalue weighted by Crippen LogP contribution is -2.54. The first-order valence-electron chi connectivity index (χ1n) is 5.63. The highest BCUT2D eigenvalue weighted by Gasteiger charge is 2.33. The van der Waals surface area contributed by atoms with E-state index in [0.717, 1.165) is 0 Å². The van der Waals surface area contributed by atoms with E-state index in [1.165, 1.54) is 11.0 Å². The second-order valence-corrected chi connectivity index (χ2v) is 4.97. The molecule has 0 spiro atoms. The molecule has 1 saturated heterocycles. The van der Waals surface area contributed by atoms with Crippen LogP contribution >= 0.6 is 0 Å². The number of hydrogen-bond donors (Lipinski definition) is 0. The molecule has 1 fully saturated rings. The molecule has 7 nitrogen and oxygen atoms in total. The van der Waals surface area contributed by atoms with E-state index in [1.54, 1.807) is 4.90 Å². The fraction of sp³-hybridized carbons (Fsp3) is 0.800. The van der Waals surface area contributed by atoms with Crippen LogP contribution in [0.4, 0.5) is 0 Å². The van der Waals surface area contributed by atoms with Crippen LogP contribution in [0.1, 0.15) is 20.8 Å². The molecule has 0 radical (unpaired) electrons. The van der Waals surface area contributed by atoms with Gasteiger partial charge in [-0.1, -0.05) is 0 Å². The number of tetrazole rings is 1. The van der Waals surface area contributed by atoms with Gasteiger partial charge in [-0.25, -0.2) is 4.68 Å². The van der Waals surface area contributed by atoms with E-state index < -0.39 is 0 Å². The molecule has 17 heavy (non-hydrogen) atoms. The van der Waals surface area contributed by atoms with Gasteiger partial charge in [0, 0.05) is 13.1 Å². The second-order valence-electron chi connectivity index (χ2n) is 4.97. The third-order valence-electron chi connectivity index (χ3n) is 2.61. The molecule has 0 saturated carbocycles. The Hall–Kier alpha value is -1.50. The first-order valence-corrected chi connectivity index (χ1v) is 5.63. The average Bonchev–Trinajstić information content (AvgIpc) is 2.67. The first kappa shape index (κ1) is 12.0. The van der Waals surface area contributed by atoms with Gasteiger partial charge in [-0.15, -0.1) is 5.10 Å². The quantitative estimate of drug-likeness (QED) is 0.708. The Kier molecular flexibility index (Phi) is 3.10. The maximum Gasteiger partial charge on any atom is 0.244 e. The fourth-order valence-electron chi connectivity index (χ4n) is 2.14. The Bertz CT molecular complexity index is 389. The summed E-state index contributed by atoms with van der Waals surface area (Å²) < 4.78 is 7.17. The summed E-state index contributed by atoms with van der Waals surface area (Å²) in [5, 5.41) is 10.7. The average molecular weight is 239 g/mol. The molecule has 2 rings (SSSR count). The number of aromatic nitrogens is 4. The molecule has 1 aliphatic heterocycles. The van der Waals surface area contributed by atoms with Crippen molar-refractivity contribution in [2.45, 2.75) is 39.0 Å². The number of rotatable bonds is 2. The molecule has 1 amide bonds. The Balaban J connectivity index is 1.99. The lowest BCUT2D eigenvalue weighted by molar-refractivity contribution is -0.158. The lowest BCUT2D eigenvalue weighted by Gasteiger charge is -2.41. The zero-order chi connectivity index (χ0) is 12.5. The van der Waals surface area contributed by atoms with Crippen LogP contribution in [0.5, 0.6) is 0 Å². The number of nitrogens with zero attached hydrogens (tertiary/aromatic N) is 5. The minimum absolute atomic E-state index is 0.0144. The fourth-order valence-corrected chi connectivity index (χ4v) is 2.14. The van der Waals surface area contributed by atoms with Gasteiger partial charge >= 0.3 is 0 Å². The van der Waals surface area contributed by atoms with Gasteiger partial charge in [0.05, 0.1) is 11.7 Å². The third kappa shape index (κ3) is 3.00. The molecule has 2 heterocycles. The van der Waals surface area contributed by atoms with Gasteiger partial charge < -0.3 is 9.64 Å². The van der Waals surface area contributed by atoms with E-state index in [-0.39, 0.29) is 24.2 Å². The van der Waals surface area contributed by atoms with Gasteiger partial charge in [-0.05, 0) is 31.2 Å². The molecule has 1 aliphatic rings. The number of ether oxygens (including phenoxy) is 1. The Morgan fingerprint density at radius 3 is 2.94 bits per heavy atom. The van der Waals surface area contributed by atoms with Crippen LogP contribution in [0.15, 0.2) is 6.33 Å². The maximum atomic E-state index is 12.1. The highest BCUT2D eigenvalue weighted by atomic mass is 16.5. The molecular weight excluding hydrogens is 222 g/mol. The molecule has 1 aromatic heterocycles. The van der Waals surface area contributed by atoms with Crippen LogP contribution in [0, 0.1) is 0 Å². The van der Waals surface area contributed by atoms with E-state index in [4.69, 9.17) is 4.74 Å². The highest BCUT2D eigenvalue weighted by molar-refractivity contribution is 5.76. The van der Waals surface area contributed by atoms with Crippen molar-refractivity contribution in [3.8, 4) is 0 Å². The van der Waals surface area contributed by atoms with Gasteiger partial charge in [-0.2, -0.15) is 0 Å². The molecule has 1 aromatic rings. The monoisotopic (exact) mass is 239 g/mol. The van der Waals surface area contributed by atoms with E-state index in [0.29, 0.717) is 13.1 Å². The summed E-state index contributed by atoms with van der Waals surface area (Å²) in [6.45, 7) is 7.33. The van der Waals surface area contributed by atoms with Crippen molar-refractivity contribution in [1.82, 2.24) is 25.1 Å². The summed E-state index contributed by atoms with van der Waals surface area (Å²) in [4.78, 5) is 13.9. The zero-order valence-electron chi connectivity index (χ0n) is 10.3. The van der Waals surface area contributed by atoms with Gasteiger partial charge in [0.25, 0.3) is 0 Å². The summed E-state index contributed by atoms with van der Waals surface area (Å²) >= 11 is 0. The number of carbonyl (C=O) groups is 1. The van der Waals surface area contributed by atoms with Crippen molar-refractivity contribution in [2.75, 3.05) is 13.1 Å². The SMILES string of the molecule is CC1CN(C(=O)Cn2cnnn2)CC(C)(C)O1. The third-order valence-corrected chi connectivity index (χ3v) is 2.61. The second kappa shape index (κ2) is 4.40. The van der Waals surface area contributed by atoms with Crippen LogP contribution in [0.25, 0.3) is 0 Å². The Morgan fingerprint density at radius 1 is 1.59 bits per heavy atom. The summed E-state index contributed by atoms with van der Waals surface area (Å²) in [6.07, 6.45) is 1.49. The summed E-state index contributed by atoms with van der Waals surface area (Å²) in [7, 11) is 0. The predicted octanol–water partition coefficient (Wildman–Crippen LogP) is -0.301. The summed E-state index contributed by atoms with van der Waals surface area (Å²) in [6, 6.07) is 0. The van der Waals surface area contributed by atoms with Crippen molar-refractivity contribution in [3.05, 3.63) is 6.33 Å². The number of morpholine rings is 1. The van der Waals surface area contributed by atoms with Crippen LogP contribution in [0.3, 0.4) is 0 Å². The van der Waals surface area contributed by atoms with Gasteiger partial charge in [-0.3, -0.25) is 4.79 Å². The smallest absolute Gasteiger partial charge is 0.244 e. The van der Waals surface area contributed by atoms with Crippen molar-refractivity contribution in [2.24, 2.45) is 0 Å². The number of amides is 1. The minimum Gasteiger partial charge on any atom is -0.369 e. The van der Waals surface area contributed by atoms with Crippen molar-refractivity contribution >= 4 is 5.91 Å². The van der Waals surface area contributed by atoms with E-state index in [9.17, 15) is 4.79 Å². The summed E-state index contributed by atoms with van der Waals surface area (Å²) in [5.41, 5.74) is -0.298. The lowest BCUT2D eigenvalue weighted by atomic mass is 10.1. The minimum atomic E-state index is -0.298. The Morgan fingerprint density at radius 2 is 2.35 bits per heavy atom. The molecular formula is C10H17N5O2. The molecule has 94 valence electrons. The molecule has 0 N–H and O–H groups in total. The highest BCUT2D eigenvalue weighted by Crippen LogP contribution is 2.20. The largest absolute Gasteiger partial charge is 0.369 e. The zero-order valence-corrected chi connectivity index (χ0v) is 10.3. The molecule has 7 heteroatoms. The van der Waals surface area contributed by atoms with Crippen molar-refractivity contribution < 1.29 is 9.53 Å². The van der Waals surface area contributed by atoms with Crippen molar-refractivity contribution in [1.29, 1.82) is 0 Å². The van der Waals surface area contributed by atoms with Crippen molar-refractivity contribution in [3.63, 3.8) is 0 Å². The first-order chi connectivity index (χ1) is 7.96. The maximum absolute atomic E-state index is 12.1. The van der Waals surface area contributed by atoms with Crippen LogP contribution in [-0.2, 0) is 16.1 Å². The molecule has 0 aliphatic carbocycles. The van der Waals surface area contributed by atoms with Gasteiger partial charge in [0.2, 0.25) is 5.91 Å². The molecule has 1 atom stereocenters. The number of carbonyl (C=O) groups excluding carboxylic acids is 1. The predicted molar refractivity (Wildman–Crippen MR) is 59.0 cm³/mol. The molecule has 0 bridgehead atoms. The van der Waals surface area contributed by atoms with Gasteiger partial charge in [0.15, 0.2) is 0 Å². The van der Waals surface area contributed by atoms with E-state index >= 15 is 0 Å². The number of hydrogen-bond acceptors (Lipinski definition) is 5. The van der Waals surface area contributed by atoms with Gasteiger partial charge in [0.1, 0.15) is 12.9 Å². The Labute approximate surface area is 99.7 Å².